The van der Waals surface area contributed by atoms with E-state index in [0.717, 1.165) is 10.2 Å². The second-order valence-corrected chi connectivity index (χ2v) is 8.66. The maximum atomic E-state index is 12.9. The maximum absolute atomic E-state index is 12.9. The number of hydrogen-bond donors (Lipinski definition) is 0. The van der Waals surface area contributed by atoms with Crippen LogP contribution < -0.4 is 10.5 Å². The van der Waals surface area contributed by atoms with Crippen LogP contribution in [0.5, 0.6) is 0 Å². The molecule has 0 aliphatic carbocycles. The smallest absolute Gasteiger partial charge is 0.349 e. The zero-order chi connectivity index (χ0) is 19.8. The van der Waals surface area contributed by atoms with Crippen molar-refractivity contribution in [2.75, 3.05) is 31.1 Å². The van der Waals surface area contributed by atoms with Gasteiger partial charge in [-0.2, -0.15) is 0 Å². The van der Waals surface area contributed by atoms with Crippen LogP contribution in [0.4, 0.5) is 5.69 Å². The summed E-state index contributed by atoms with van der Waals surface area (Å²) in [5, 5.41) is 1.37. The molecule has 0 spiro atoms. The van der Waals surface area contributed by atoms with Gasteiger partial charge in [0.1, 0.15) is 5.56 Å². The predicted octanol–water partition coefficient (Wildman–Crippen LogP) is 4.93. The highest BCUT2D eigenvalue weighted by atomic mass is 79.9. The highest BCUT2D eigenvalue weighted by Gasteiger charge is 2.26. The summed E-state index contributed by atoms with van der Waals surface area (Å²) in [4.78, 5) is 29.2. The number of piperazine rings is 1. The first-order valence-corrected chi connectivity index (χ1v) is 10.6. The van der Waals surface area contributed by atoms with Gasteiger partial charge in [-0.15, -0.1) is 0 Å². The number of amides is 1. The molecule has 0 unspecified atom stereocenters. The van der Waals surface area contributed by atoms with Crippen molar-refractivity contribution in [1.29, 1.82) is 0 Å². The van der Waals surface area contributed by atoms with E-state index in [2.05, 4.69) is 36.8 Å². The lowest BCUT2D eigenvalue weighted by molar-refractivity contribution is 0.0742. The third-order valence-corrected chi connectivity index (χ3v) is 6.11. The van der Waals surface area contributed by atoms with E-state index in [1.165, 1.54) is 0 Å². The van der Waals surface area contributed by atoms with E-state index in [9.17, 15) is 9.59 Å². The van der Waals surface area contributed by atoms with Crippen molar-refractivity contribution in [3.05, 3.63) is 72.4 Å². The van der Waals surface area contributed by atoms with Crippen molar-refractivity contribution in [2.45, 2.75) is 0 Å². The average molecular weight is 527 g/mol. The molecule has 1 amide bonds. The van der Waals surface area contributed by atoms with Gasteiger partial charge >= 0.3 is 5.63 Å². The Hall–Kier alpha value is -1.83. The van der Waals surface area contributed by atoms with Crippen molar-refractivity contribution in [3.63, 3.8) is 0 Å². The van der Waals surface area contributed by atoms with Crippen LogP contribution in [0.2, 0.25) is 5.02 Å². The molecule has 1 saturated heterocycles. The quantitative estimate of drug-likeness (QED) is 0.445. The van der Waals surface area contributed by atoms with Gasteiger partial charge in [-0.05, 0) is 46.3 Å². The molecule has 8 heteroatoms. The minimum absolute atomic E-state index is 0.0451. The van der Waals surface area contributed by atoms with Crippen molar-refractivity contribution in [2.24, 2.45) is 0 Å². The molecule has 0 radical (unpaired) electrons. The molecule has 2 heterocycles. The summed E-state index contributed by atoms with van der Waals surface area (Å²) >= 11 is 13.1. The van der Waals surface area contributed by atoms with Gasteiger partial charge < -0.3 is 14.2 Å². The van der Waals surface area contributed by atoms with Gasteiger partial charge in [-0.1, -0.05) is 39.7 Å². The van der Waals surface area contributed by atoms with E-state index in [1.54, 1.807) is 17.0 Å². The minimum atomic E-state index is -0.631. The molecule has 3 aromatic rings. The molecule has 4 rings (SSSR count). The predicted molar refractivity (Wildman–Crippen MR) is 117 cm³/mol. The fourth-order valence-corrected chi connectivity index (χ4v) is 4.93. The summed E-state index contributed by atoms with van der Waals surface area (Å²) in [6.07, 6.45) is 0. The Balaban J connectivity index is 1.57. The Morgan fingerprint density at radius 3 is 2.46 bits per heavy atom. The summed E-state index contributed by atoms with van der Waals surface area (Å²) in [6.45, 7) is 2.30. The maximum Gasteiger partial charge on any atom is 0.349 e. The van der Waals surface area contributed by atoms with Gasteiger partial charge in [0, 0.05) is 36.0 Å². The molecule has 1 aromatic heterocycles. The molecule has 144 valence electrons. The molecular formula is C20H15Br2ClN2O3. The number of para-hydroxylation sites is 1. The Labute approximate surface area is 183 Å². The van der Waals surface area contributed by atoms with E-state index >= 15 is 0 Å². The first-order chi connectivity index (χ1) is 13.4. The zero-order valence-corrected chi connectivity index (χ0v) is 18.6. The fourth-order valence-electron chi connectivity index (χ4n) is 3.34. The highest BCUT2D eigenvalue weighted by Crippen LogP contribution is 2.29. The number of anilines is 1. The highest BCUT2D eigenvalue weighted by molar-refractivity contribution is 9.11. The van der Waals surface area contributed by atoms with Crippen LogP contribution in [0.25, 0.3) is 11.0 Å². The number of fused-ring (bicyclic) bond motifs is 1. The van der Waals surface area contributed by atoms with Crippen molar-refractivity contribution in [3.8, 4) is 0 Å². The number of hydrogen-bond acceptors (Lipinski definition) is 4. The first-order valence-electron chi connectivity index (χ1n) is 8.65. The summed E-state index contributed by atoms with van der Waals surface area (Å²) in [7, 11) is 0. The van der Waals surface area contributed by atoms with Crippen LogP contribution in [0, 0.1) is 0 Å². The molecule has 2 aromatic carbocycles. The lowest BCUT2D eigenvalue weighted by Gasteiger charge is -2.36. The molecule has 0 N–H and O–H groups in total. The molecule has 1 fully saturated rings. The molecular weight excluding hydrogens is 511 g/mol. The van der Waals surface area contributed by atoms with Gasteiger partial charge in [0.05, 0.1) is 15.2 Å². The number of carbonyl (C=O) groups excluding carboxylic acids is 1. The summed E-state index contributed by atoms with van der Waals surface area (Å²) in [6, 6.07) is 12.9. The van der Waals surface area contributed by atoms with Crippen molar-refractivity contribution >= 4 is 66.0 Å². The van der Waals surface area contributed by atoms with E-state index < -0.39 is 5.63 Å². The lowest BCUT2D eigenvalue weighted by atomic mass is 10.1. The standard InChI is InChI=1S/C20H15Br2ClN2O3/c21-13-9-12-10-14(20(27)28-18(12)15(22)11-13)19(26)25-7-5-24(6-8-25)17-4-2-1-3-16(17)23/h1-4,9-11H,5-8H2. The van der Waals surface area contributed by atoms with Crippen LogP contribution in [0.1, 0.15) is 10.4 Å². The Morgan fingerprint density at radius 1 is 1.04 bits per heavy atom. The van der Waals surface area contributed by atoms with Gasteiger partial charge in [0.2, 0.25) is 0 Å². The van der Waals surface area contributed by atoms with Crippen LogP contribution >= 0.6 is 43.5 Å². The fraction of sp³-hybridized carbons (Fsp3) is 0.200. The van der Waals surface area contributed by atoms with Gasteiger partial charge in [-0.25, -0.2) is 4.79 Å². The number of rotatable bonds is 2. The third kappa shape index (κ3) is 3.71. The first kappa shape index (κ1) is 19.5. The Bertz CT molecular complexity index is 1120. The largest absolute Gasteiger partial charge is 0.421 e. The second-order valence-electron chi connectivity index (χ2n) is 6.48. The van der Waals surface area contributed by atoms with E-state index in [1.807, 2.05) is 30.3 Å². The minimum Gasteiger partial charge on any atom is -0.421 e. The zero-order valence-electron chi connectivity index (χ0n) is 14.6. The van der Waals surface area contributed by atoms with E-state index in [4.69, 9.17) is 16.0 Å². The van der Waals surface area contributed by atoms with Crippen molar-refractivity contribution in [1.82, 2.24) is 4.90 Å². The van der Waals surface area contributed by atoms with Gasteiger partial charge in [-0.3, -0.25) is 4.79 Å². The molecule has 1 aliphatic rings. The molecule has 28 heavy (non-hydrogen) atoms. The Morgan fingerprint density at radius 2 is 1.75 bits per heavy atom. The van der Waals surface area contributed by atoms with E-state index in [-0.39, 0.29) is 11.5 Å². The second kappa shape index (κ2) is 7.89. The molecule has 1 aliphatic heterocycles. The van der Waals surface area contributed by atoms with Crippen molar-refractivity contribution < 1.29 is 9.21 Å². The number of carbonyl (C=O) groups is 1. The molecule has 5 nitrogen and oxygen atoms in total. The number of halogens is 3. The number of nitrogens with zero attached hydrogens (tertiary/aromatic N) is 2. The lowest BCUT2D eigenvalue weighted by Crippen LogP contribution is -2.49. The van der Waals surface area contributed by atoms with Gasteiger partial charge in [0.25, 0.3) is 5.91 Å². The molecule has 0 bridgehead atoms. The van der Waals surface area contributed by atoms with Crippen LogP contribution in [0.15, 0.2) is 60.6 Å². The van der Waals surface area contributed by atoms with Gasteiger partial charge in [0.15, 0.2) is 5.58 Å². The van der Waals surface area contributed by atoms with Crippen LogP contribution in [0.3, 0.4) is 0 Å². The molecule has 0 atom stereocenters. The summed E-state index contributed by atoms with van der Waals surface area (Å²) < 4.78 is 6.88. The summed E-state index contributed by atoms with van der Waals surface area (Å²) in [5.74, 6) is -0.314. The number of benzene rings is 2. The van der Waals surface area contributed by atoms with Crippen LogP contribution in [-0.2, 0) is 0 Å². The normalized spacial score (nSPS) is 14.5. The monoisotopic (exact) mass is 524 g/mol. The third-order valence-electron chi connectivity index (χ3n) is 4.74. The topological polar surface area (TPSA) is 53.8 Å². The molecule has 0 saturated carbocycles. The summed E-state index contributed by atoms with van der Waals surface area (Å²) in [5.41, 5.74) is 0.794. The average Bonchev–Trinajstić information content (AvgIpc) is 2.68. The van der Waals surface area contributed by atoms with Crippen LogP contribution in [-0.4, -0.2) is 37.0 Å². The Kier molecular flexibility index (Phi) is 5.49. The van der Waals surface area contributed by atoms with E-state index in [0.29, 0.717) is 46.6 Å². The SMILES string of the molecule is O=C(c1cc2cc(Br)cc(Br)c2oc1=O)N1CCN(c2ccccc2Cl)CC1.